The zero-order chi connectivity index (χ0) is 20.6. The highest BCUT2D eigenvalue weighted by Gasteiger charge is 2.07. The summed E-state index contributed by atoms with van der Waals surface area (Å²) in [5, 5.41) is 8.03. The van der Waals surface area contributed by atoms with Crippen molar-refractivity contribution in [2.75, 3.05) is 11.9 Å². The Bertz CT molecular complexity index is 1000. The molecular formula is C22H23N3O3S. The number of thiazole rings is 1. The lowest BCUT2D eigenvalue weighted by molar-refractivity contribution is -0.119. The van der Waals surface area contributed by atoms with E-state index in [1.54, 1.807) is 6.08 Å². The van der Waals surface area contributed by atoms with Crippen LogP contribution in [0.5, 0.6) is 0 Å². The fourth-order valence-electron chi connectivity index (χ4n) is 2.71. The van der Waals surface area contributed by atoms with Gasteiger partial charge in [-0.25, -0.2) is 4.98 Å². The number of carbonyl (C=O) groups excluding carboxylic acids is 2. The molecule has 0 saturated carbocycles. The van der Waals surface area contributed by atoms with Crippen molar-refractivity contribution in [3.05, 3.63) is 64.9 Å². The average molecular weight is 410 g/mol. The summed E-state index contributed by atoms with van der Waals surface area (Å²) < 4.78 is 5.40. The first kappa shape index (κ1) is 20.5. The average Bonchev–Trinajstić information content (AvgIpc) is 3.33. The molecule has 0 spiro atoms. The predicted octanol–water partition coefficient (Wildman–Crippen LogP) is 4.43. The van der Waals surface area contributed by atoms with Crippen LogP contribution in [0.15, 0.2) is 52.3 Å². The molecule has 0 radical (unpaired) electrons. The molecule has 1 aromatic carbocycles. The molecule has 3 rings (SSSR count). The summed E-state index contributed by atoms with van der Waals surface area (Å²) in [6, 6.07) is 11.8. The maximum absolute atomic E-state index is 12.1. The van der Waals surface area contributed by atoms with Crippen molar-refractivity contribution >= 4 is 34.4 Å². The SMILES string of the molecule is CC(=O)NCCCc1ccc(-c2csc(NC(=O)/C=C/c3ccc(C)o3)n2)cc1. The molecule has 0 fully saturated rings. The molecule has 3 aromatic rings. The van der Waals surface area contributed by atoms with Crippen LogP contribution in [0, 0.1) is 6.92 Å². The topological polar surface area (TPSA) is 84.2 Å². The number of hydrogen-bond acceptors (Lipinski definition) is 5. The van der Waals surface area contributed by atoms with E-state index in [2.05, 4.69) is 27.8 Å². The lowest BCUT2D eigenvalue weighted by atomic mass is 10.1. The van der Waals surface area contributed by atoms with Gasteiger partial charge in [0, 0.05) is 30.5 Å². The molecule has 2 heterocycles. The minimum absolute atomic E-state index is 0.00155. The van der Waals surface area contributed by atoms with E-state index < -0.39 is 0 Å². The Morgan fingerprint density at radius 1 is 1.17 bits per heavy atom. The second-order valence-electron chi connectivity index (χ2n) is 6.59. The molecule has 2 aromatic heterocycles. The number of aromatic nitrogens is 1. The van der Waals surface area contributed by atoms with Gasteiger partial charge < -0.3 is 9.73 Å². The van der Waals surface area contributed by atoms with E-state index in [9.17, 15) is 9.59 Å². The molecule has 6 nitrogen and oxygen atoms in total. The van der Waals surface area contributed by atoms with E-state index in [1.165, 1.54) is 29.9 Å². The first-order valence-corrected chi connectivity index (χ1v) is 10.2. The van der Waals surface area contributed by atoms with Crippen molar-refractivity contribution in [1.82, 2.24) is 10.3 Å². The molecule has 0 aliphatic carbocycles. The van der Waals surface area contributed by atoms with Crippen molar-refractivity contribution in [2.24, 2.45) is 0 Å². The molecule has 0 saturated heterocycles. The lowest BCUT2D eigenvalue weighted by Gasteiger charge is -2.04. The number of carbonyl (C=O) groups is 2. The van der Waals surface area contributed by atoms with Gasteiger partial charge in [-0.1, -0.05) is 24.3 Å². The summed E-state index contributed by atoms with van der Waals surface area (Å²) in [5.41, 5.74) is 3.02. The Balaban J connectivity index is 1.53. The van der Waals surface area contributed by atoms with E-state index in [0.29, 0.717) is 17.4 Å². The van der Waals surface area contributed by atoms with Crippen molar-refractivity contribution < 1.29 is 14.0 Å². The Morgan fingerprint density at radius 2 is 1.97 bits per heavy atom. The number of amides is 2. The number of nitrogens with one attached hydrogen (secondary N) is 2. The largest absolute Gasteiger partial charge is 0.462 e. The summed E-state index contributed by atoms with van der Waals surface area (Å²) >= 11 is 1.38. The number of rotatable bonds is 8. The molecular weight excluding hydrogens is 386 g/mol. The molecule has 29 heavy (non-hydrogen) atoms. The Morgan fingerprint density at radius 3 is 2.66 bits per heavy atom. The maximum Gasteiger partial charge on any atom is 0.250 e. The highest BCUT2D eigenvalue weighted by atomic mass is 32.1. The van der Waals surface area contributed by atoms with Crippen LogP contribution in [-0.4, -0.2) is 23.3 Å². The number of aryl methyl sites for hydroxylation is 2. The highest BCUT2D eigenvalue weighted by molar-refractivity contribution is 7.14. The van der Waals surface area contributed by atoms with Crippen molar-refractivity contribution in [3.63, 3.8) is 0 Å². The van der Waals surface area contributed by atoms with Crippen LogP contribution in [0.3, 0.4) is 0 Å². The number of hydrogen-bond donors (Lipinski definition) is 2. The van der Waals surface area contributed by atoms with Gasteiger partial charge in [-0.2, -0.15) is 0 Å². The fourth-order valence-corrected chi connectivity index (χ4v) is 3.43. The van der Waals surface area contributed by atoms with Gasteiger partial charge in [0.15, 0.2) is 5.13 Å². The summed E-state index contributed by atoms with van der Waals surface area (Å²) in [6.45, 7) is 4.06. The minimum Gasteiger partial charge on any atom is -0.462 e. The second-order valence-corrected chi connectivity index (χ2v) is 7.45. The number of furan rings is 1. The van der Waals surface area contributed by atoms with Gasteiger partial charge in [-0.15, -0.1) is 11.3 Å². The van der Waals surface area contributed by atoms with Crippen LogP contribution in [0.2, 0.25) is 0 Å². The lowest BCUT2D eigenvalue weighted by Crippen LogP contribution is -2.21. The Hall–Kier alpha value is -3.19. The van der Waals surface area contributed by atoms with Crippen molar-refractivity contribution in [1.29, 1.82) is 0 Å². The van der Waals surface area contributed by atoms with Gasteiger partial charge in [0.25, 0.3) is 0 Å². The number of nitrogens with zero attached hydrogens (tertiary/aromatic N) is 1. The van der Waals surface area contributed by atoms with Crippen LogP contribution >= 0.6 is 11.3 Å². The van der Waals surface area contributed by atoms with Crippen molar-refractivity contribution in [3.8, 4) is 11.3 Å². The Kier molecular flexibility index (Phi) is 6.97. The normalized spacial score (nSPS) is 11.0. The molecule has 0 atom stereocenters. The van der Waals surface area contributed by atoms with E-state index >= 15 is 0 Å². The standard InChI is InChI=1S/C22H23N3O3S/c1-15-5-10-19(28-15)11-12-21(27)25-22-24-20(14-29-22)18-8-6-17(7-9-18)4-3-13-23-16(2)26/h5-12,14H,3-4,13H2,1-2H3,(H,23,26)(H,24,25,27)/b12-11+. The molecule has 0 bridgehead atoms. The van der Waals surface area contributed by atoms with Gasteiger partial charge in [-0.3, -0.25) is 14.9 Å². The summed E-state index contributed by atoms with van der Waals surface area (Å²) in [5.74, 6) is 1.18. The summed E-state index contributed by atoms with van der Waals surface area (Å²) in [4.78, 5) is 27.4. The van der Waals surface area contributed by atoms with Crippen LogP contribution in [-0.2, 0) is 16.0 Å². The third-order valence-corrected chi connectivity index (χ3v) is 4.92. The Labute approximate surface area is 173 Å². The molecule has 0 aliphatic rings. The quantitative estimate of drug-likeness (QED) is 0.426. The van der Waals surface area contributed by atoms with Gasteiger partial charge in [0.1, 0.15) is 11.5 Å². The van der Waals surface area contributed by atoms with Crippen LogP contribution in [0.25, 0.3) is 17.3 Å². The van der Waals surface area contributed by atoms with Gasteiger partial charge >= 0.3 is 0 Å². The smallest absolute Gasteiger partial charge is 0.250 e. The minimum atomic E-state index is -0.255. The third kappa shape index (κ3) is 6.43. The van der Waals surface area contributed by atoms with E-state index in [-0.39, 0.29) is 11.8 Å². The zero-order valence-electron chi connectivity index (χ0n) is 16.4. The third-order valence-electron chi connectivity index (χ3n) is 4.16. The molecule has 0 unspecified atom stereocenters. The molecule has 7 heteroatoms. The van der Waals surface area contributed by atoms with Gasteiger partial charge in [0.2, 0.25) is 11.8 Å². The van der Waals surface area contributed by atoms with Crippen LogP contribution in [0.1, 0.15) is 30.4 Å². The number of benzene rings is 1. The highest BCUT2D eigenvalue weighted by Crippen LogP contribution is 2.25. The first-order valence-electron chi connectivity index (χ1n) is 9.34. The summed E-state index contributed by atoms with van der Waals surface area (Å²) in [6.07, 6.45) is 4.86. The van der Waals surface area contributed by atoms with E-state index in [4.69, 9.17) is 4.42 Å². The monoisotopic (exact) mass is 409 g/mol. The zero-order valence-corrected chi connectivity index (χ0v) is 17.2. The first-order chi connectivity index (χ1) is 14.0. The fraction of sp³-hybridized carbons (Fsp3) is 0.227. The maximum atomic E-state index is 12.1. The number of anilines is 1. The molecule has 150 valence electrons. The van der Waals surface area contributed by atoms with Crippen LogP contribution in [0.4, 0.5) is 5.13 Å². The van der Waals surface area contributed by atoms with Gasteiger partial charge in [-0.05, 0) is 43.5 Å². The molecule has 2 N–H and O–H groups in total. The predicted molar refractivity (Wildman–Crippen MR) is 116 cm³/mol. The molecule has 0 aliphatic heterocycles. The van der Waals surface area contributed by atoms with E-state index in [0.717, 1.165) is 29.9 Å². The summed E-state index contributed by atoms with van der Waals surface area (Å²) in [7, 11) is 0. The van der Waals surface area contributed by atoms with Crippen LogP contribution < -0.4 is 10.6 Å². The van der Waals surface area contributed by atoms with E-state index in [1.807, 2.05) is 36.6 Å². The second kappa shape index (κ2) is 9.84. The molecule has 2 amide bonds. The van der Waals surface area contributed by atoms with Crippen molar-refractivity contribution in [2.45, 2.75) is 26.7 Å². The van der Waals surface area contributed by atoms with Gasteiger partial charge in [0.05, 0.1) is 5.69 Å².